The Morgan fingerprint density at radius 1 is 1.11 bits per heavy atom. The third kappa shape index (κ3) is 3.88. The molecule has 0 amide bonds. The van der Waals surface area contributed by atoms with Gasteiger partial charge in [0, 0.05) is 24.8 Å². The van der Waals surface area contributed by atoms with Gasteiger partial charge in [-0.05, 0) is 35.4 Å². The number of ether oxygens (including phenoxy) is 4. The Hall–Kier alpha value is -2.28. The summed E-state index contributed by atoms with van der Waals surface area (Å²) in [7, 11) is 1.65. The van der Waals surface area contributed by atoms with E-state index in [0.717, 1.165) is 28.2 Å². The van der Waals surface area contributed by atoms with E-state index in [-0.39, 0.29) is 25.6 Å². The molecule has 1 fully saturated rings. The second-order valence-electron chi connectivity index (χ2n) is 6.99. The molecule has 0 bridgehead atoms. The Bertz CT molecular complexity index is 788. The largest absolute Gasteiger partial charge is 0.497 e. The lowest BCUT2D eigenvalue weighted by Crippen LogP contribution is -2.33. The van der Waals surface area contributed by atoms with Gasteiger partial charge in [0.05, 0.1) is 32.0 Å². The zero-order valence-corrected chi connectivity index (χ0v) is 15.3. The molecular formula is C21H24O6. The second-order valence-corrected chi connectivity index (χ2v) is 6.99. The number of rotatable bonds is 5. The summed E-state index contributed by atoms with van der Waals surface area (Å²) in [6.45, 7) is 0.0959. The highest BCUT2D eigenvalue weighted by Crippen LogP contribution is 2.42. The molecule has 2 aliphatic rings. The Morgan fingerprint density at radius 3 is 2.67 bits per heavy atom. The third-order valence-electron chi connectivity index (χ3n) is 5.08. The molecule has 2 aromatic carbocycles. The van der Waals surface area contributed by atoms with Crippen molar-refractivity contribution in [1.29, 1.82) is 0 Å². The predicted octanol–water partition coefficient (Wildman–Crippen LogP) is 2.59. The first kappa shape index (κ1) is 18.1. The summed E-state index contributed by atoms with van der Waals surface area (Å²) in [5.74, 6) is 2.27. The predicted molar refractivity (Wildman–Crippen MR) is 98.3 cm³/mol. The van der Waals surface area contributed by atoms with Crippen molar-refractivity contribution in [2.45, 2.75) is 37.6 Å². The van der Waals surface area contributed by atoms with Crippen LogP contribution in [0.5, 0.6) is 17.2 Å². The maximum Gasteiger partial charge on any atom is 0.231 e. The SMILES string of the molecule is COc1ccc(Cc2cc(C3CC(O)CC(CO)O3)cc3c2OCO3)cc1. The molecule has 1 saturated heterocycles. The van der Waals surface area contributed by atoms with Crippen LogP contribution in [0.3, 0.4) is 0 Å². The molecule has 2 aromatic rings. The van der Waals surface area contributed by atoms with Crippen LogP contribution in [0.2, 0.25) is 0 Å². The van der Waals surface area contributed by atoms with E-state index in [1.165, 1.54) is 0 Å². The van der Waals surface area contributed by atoms with Crippen LogP contribution in [-0.4, -0.2) is 42.9 Å². The number of methoxy groups -OCH3 is 1. The highest BCUT2D eigenvalue weighted by atomic mass is 16.7. The van der Waals surface area contributed by atoms with Gasteiger partial charge in [0.15, 0.2) is 11.5 Å². The van der Waals surface area contributed by atoms with Crippen LogP contribution >= 0.6 is 0 Å². The van der Waals surface area contributed by atoms with Crippen molar-refractivity contribution >= 4 is 0 Å². The van der Waals surface area contributed by atoms with Gasteiger partial charge in [0.25, 0.3) is 0 Å². The molecule has 4 rings (SSSR count). The van der Waals surface area contributed by atoms with Crippen molar-refractivity contribution in [2.75, 3.05) is 20.5 Å². The number of fused-ring (bicyclic) bond motifs is 1. The van der Waals surface area contributed by atoms with E-state index < -0.39 is 6.10 Å². The number of hydrogen-bond acceptors (Lipinski definition) is 6. The summed E-state index contributed by atoms with van der Waals surface area (Å²) in [6, 6.07) is 11.9. The monoisotopic (exact) mass is 372 g/mol. The minimum Gasteiger partial charge on any atom is -0.497 e. The Balaban J connectivity index is 1.63. The standard InChI is InChI=1S/C21H24O6/c1-24-17-4-2-13(3-5-17)6-15-7-14(8-20-21(15)26-12-25-20)19-10-16(23)9-18(11-22)27-19/h2-5,7-8,16,18-19,22-23H,6,9-12H2,1H3. The zero-order chi connectivity index (χ0) is 18.8. The summed E-state index contributed by atoms with van der Waals surface area (Å²) in [5, 5.41) is 19.6. The van der Waals surface area contributed by atoms with E-state index in [0.29, 0.717) is 25.0 Å². The van der Waals surface area contributed by atoms with Crippen molar-refractivity contribution < 1.29 is 29.2 Å². The molecule has 144 valence electrons. The normalized spacial score (nSPS) is 24.0. The fraction of sp³-hybridized carbons (Fsp3) is 0.429. The van der Waals surface area contributed by atoms with Gasteiger partial charge in [0.2, 0.25) is 6.79 Å². The van der Waals surface area contributed by atoms with Crippen LogP contribution in [0, 0.1) is 0 Å². The maximum absolute atomic E-state index is 10.1. The second kappa shape index (κ2) is 7.76. The smallest absolute Gasteiger partial charge is 0.231 e. The Morgan fingerprint density at radius 2 is 1.93 bits per heavy atom. The molecule has 0 aromatic heterocycles. The van der Waals surface area contributed by atoms with Crippen molar-refractivity contribution in [1.82, 2.24) is 0 Å². The summed E-state index contributed by atoms with van der Waals surface area (Å²) in [4.78, 5) is 0. The van der Waals surface area contributed by atoms with E-state index in [9.17, 15) is 10.2 Å². The number of hydrogen-bond donors (Lipinski definition) is 2. The average Bonchev–Trinajstić information content (AvgIpc) is 3.17. The van der Waals surface area contributed by atoms with E-state index in [1.54, 1.807) is 7.11 Å². The molecule has 0 aliphatic carbocycles. The minimum atomic E-state index is -0.489. The summed E-state index contributed by atoms with van der Waals surface area (Å²) in [6.07, 6.45) is 0.511. The Kier molecular flexibility index (Phi) is 5.20. The minimum absolute atomic E-state index is 0.100. The topological polar surface area (TPSA) is 77.4 Å². The Labute approximate surface area is 158 Å². The first-order valence-electron chi connectivity index (χ1n) is 9.16. The van der Waals surface area contributed by atoms with Gasteiger partial charge in [-0.15, -0.1) is 0 Å². The van der Waals surface area contributed by atoms with Crippen molar-refractivity contribution in [3.05, 3.63) is 53.1 Å². The quantitative estimate of drug-likeness (QED) is 0.840. The molecule has 2 heterocycles. The molecule has 27 heavy (non-hydrogen) atoms. The van der Waals surface area contributed by atoms with Gasteiger partial charge < -0.3 is 29.2 Å². The number of aliphatic hydroxyl groups is 2. The van der Waals surface area contributed by atoms with Gasteiger partial charge in [0.1, 0.15) is 5.75 Å². The summed E-state index contributed by atoms with van der Waals surface area (Å²) >= 11 is 0. The van der Waals surface area contributed by atoms with Crippen LogP contribution in [0.4, 0.5) is 0 Å². The fourth-order valence-corrected chi connectivity index (χ4v) is 3.71. The highest BCUT2D eigenvalue weighted by Gasteiger charge is 2.31. The van der Waals surface area contributed by atoms with Crippen molar-refractivity contribution in [3.63, 3.8) is 0 Å². The average molecular weight is 372 g/mol. The molecule has 3 unspecified atom stereocenters. The number of aliphatic hydroxyl groups excluding tert-OH is 2. The number of benzene rings is 2. The summed E-state index contributed by atoms with van der Waals surface area (Å²) < 4.78 is 22.5. The highest BCUT2D eigenvalue weighted by molar-refractivity contribution is 5.53. The van der Waals surface area contributed by atoms with E-state index in [4.69, 9.17) is 18.9 Å². The van der Waals surface area contributed by atoms with Crippen molar-refractivity contribution in [2.24, 2.45) is 0 Å². The van der Waals surface area contributed by atoms with Gasteiger partial charge in [-0.1, -0.05) is 12.1 Å². The van der Waals surface area contributed by atoms with Crippen LogP contribution < -0.4 is 14.2 Å². The van der Waals surface area contributed by atoms with Gasteiger partial charge in [-0.3, -0.25) is 0 Å². The lowest BCUT2D eigenvalue weighted by atomic mass is 9.93. The van der Waals surface area contributed by atoms with Crippen LogP contribution in [0.15, 0.2) is 36.4 Å². The maximum atomic E-state index is 10.1. The van der Waals surface area contributed by atoms with Gasteiger partial charge >= 0.3 is 0 Å². The van der Waals surface area contributed by atoms with Crippen LogP contribution in [0.25, 0.3) is 0 Å². The van der Waals surface area contributed by atoms with Crippen molar-refractivity contribution in [3.8, 4) is 17.2 Å². The molecule has 0 spiro atoms. The lowest BCUT2D eigenvalue weighted by molar-refractivity contribution is -0.113. The molecular weight excluding hydrogens is 348 g/mol. The molecule has 2 N–H and O–H groups in total. The van der Waals surface area contributed by atoms with Crippen LogP contribution in [-0.2, 0) is 11.2 Å². The zero-order valence-electron chi connectivity index (χ0n) is 15.3. The van der Waals surface area contributed by atoms with E-state index in [1.807, 2.05) is 30.3 Å². The molecule has 6 heteroatoms. The molecule has 3 atom stereocenters. The lowest BCUT2D eigenvalue weighted by Gasteiger charge is -2.32. The molecule has 6 nitrogen and oxygen atoms in total. The van der Waals surface area contributed by atoms with E-state index in [2.05, 4.69) is 6.07 Å². The first-order valence-corrected chi connectivity index (χ1v) is 9.16. The summed E-state index contributed by atoms with van der Waals surface area (Å²) in [5.41, 5.74) is 3.07. The van der Waals surface area contributed by atoms with Crippen LogP contribution in [0.1, 0.15) is 35.6 Å². The first-order chi connectivity index (χ1) is 13.2. The van der Waals surface area contributed by atoms with Gasteiger partial charge in [-0.2, -0.15) is 0 Å². The molecule has 2 aliphatic heterocycles. The third-order valence-corrected chi connectivity index (χ3v) is 5.08. The molecule has 0 radical (unpaired) electrons. The molecule has 0 saturated carbocycles. The van der Waals surface area contributed by atoms with E-state index >= 15 is 0 Å². The van der Waals surface area contributed by atoms with Gasteiger partial charge in [-0.25, -0.2) is 0 Å². The fourth-order valence-electron chi connectivity index (χ4n) is 3.71.